The highest BCUT2D eigenvalue weighted by atomic mass is 16.5. The van der Waals surface area contributed by atoms with Crippen LogP contribution in [0.5, 0.6) is 11.5 Å². The van der Waals surface area contributed by atoms with Crippen molar-refractivity contribution < 1.29 is 14.3 Å². The van der Waals surface area contributed by atoms with Crippen molar-refractivity contribution in [2.75, 3.05) is 32.6 Å². The molecule has 1 atom stereocenters. The number of nitrogens with one attached hydrogen (secondary N) is 1. The monoisotopic (exact) mass is 430 g/mol. The number of hydrogen-bond acceptors (Lipinski definition) is 4. The number of anilines is 1. The molecule has 1 amide bonds. The van der Waals surface area contributed by atoms with E-state index in [0.29, 0.717) is 12.3 Å². The fraction of sp³-hybridized carbons (Fsp3) is 0.296. The molecular weight excluding hydrogens is 400 g/mol. The topological polar surface area (TPSA) is 50.8 Å². The summed E-state index contributed by atoms with van der Waals surface area (Å²) in [4.78, 5) is 15.3. The van der Waals surface area contributed by atoms with E-state index in [4.69, 9.17) is 9.47 Å². The van der Waals surface area contributed by atoms with E-state index in [-0.39, 0.29) is 11.9 Å². The third-order valence-corrected chi connectivity index (χ3v) is 6.11. The fourth-order valence-electron chi connectivity index (χ4n) is 4.52. The smallest absolute Gasteiger partial charge is 0.238 e. The van der Waals surface area contributed by atoms with Gasteiger partial charge in [-0.3, -0.25) is 9.69 Å². The van der Waals surface area contributed by atoms with E-state index in [2.05, 4.69) is 47.5 Å². The quantitative estimate of drug-likeness (QED) is 0.582. The van der Waals surface area contributed by atoms with Gasteiger partial charge >= 0.3 is 0 Å². The van der Waals surface area contributed by atoms with Crippen LogP contribution in [-0.2, 0) is 17.6 Å². The number of para-hydroxylation sites is 1. The number of fused-ring (bicyclic) bond motifs is 1. The molecule has 0 spiro atoms. The Morgan fingerprint density at radius 1 is 1.00 bits per heavy atom. The number of hydrogen-bond donors (Lipinski definition) is 1. The van der Waals surface area contributed by atoms with Crippen LogP contribution in [0.3, 0.4) is 0 Å². The highest BCUT2D eigenvalue weighted by molar-refractivity contribution is 5.93. The van der Waals surface area contributed by atoms with Gasteiger partial charge in [-0.2, -0.15) is 0 Å². The lowest BCUT2D eigenvalue weighted by Gasteiger charge is -2.37. The average molecular weight is 431 g/mol. The minimum absolute atomic E-state index is 0.00393. The van der Waals surface area contributed by atoms with Crippen molar-refractivity contribution in [1.82, 2.24) is 4.90 Å². The van der Waals surface area contributed by atoms with Crippen LogP contribution in [0, 0.1) is 0 Å². The summed E-state index contributed by atoms with van der Waals surface area (Å²) < 4.78 is 11.1. The molecule has 0 aliphatic carbocycles. The molecule has 0 radical (unpaired) electrons. The maximum absolute atomic E-state index is 13.1. The first-order chi connectivity index (χ1) is 15.6. The molecule has 5 nitrogen and oxygen atoms in total. The third kappa shape index (κ3) is 4.48. The van der Waals surface area contributed by atoms with E-state index in [1.54, 1.807) is 14.2 Å². The van der Waals surface area contributed by atoms with Crippen molar-refractivity contribution >= 4 is 11.6 Å². The van der Waals surface area contributed by atoms with Gasteiger partial charge in [0.2, 0.25) is 5.91 Å². The summed E-state index contributed by atoms with van der Waals surface area (Å²) in [6.45, 7) is 3.19. The standard InChI is InChI=1S/C27H30N2O3/c1-4-19-10-8-9-13-23(19)28-26(30)18-29-15-14-21-16-24(31-2)25(32-3)17-22(21)27(29)20-11-6-5-7-12-20/h5-13,16-17,27H,4,14-15,18H2,1-3H3,(H,28,30)/t27-/m1/s1. The second-order valence-electron chi connectivity index (χ2n) is 8.00. The van der Waals surface area contributed by atoms with Crippen molar-refractivity contribution in [2.24, 2.45) is 0 Å². The summed E-state index contributed by atoms with van der Waals surface area (Å²) in [5, 5.41) is 3.12. The van der Waals surface area contributed by atoms with Gasteiger partial charge < -0.3 is 14.8 Å². The number of aryl methyl sites for hydroxylation is 1. The van der Waals surface area contributed by atoms with Gasteiger partial charge in [-0.1, -0.05) is 55.5 Å². The summed E-state index contributed by atoms with van der Waals surface area (Å²) in [7, 11) is 3.31. The molecule has 32 heavy (non-hydrogen) atoms. The Morgan fingerprint density at radius 2 is 1.69 bits per heavy atom. The minimum atomic E-state index is -0.0353. The summed E-state index contributed by atoms with van der Waals surface area (Å²) >= 11 is 0. The molecule has 0 bridgehead atoms. The Bertz CT molecular complexity index is 1080. The zero-order valence-corrected chi connectivity index (χ0v) is 18.9. The van der Waals surface area contributed by atoms with E-state index in [1.807, 2.05) is 36.4 Å². The number of methoxy groups -OCH3 is 2. The highest BCUT2D eigenvalue weighted by Crippen LogP contribution is 2.40. The van der Waals surface area contributed by atoms with Crippen LogP contribution in [0.1, 0.15) is 35.2 Å². The number of nitrogens with zero attached hydrogens (tertiary/aromatic N) is 1. The molecule has 1 heterocycles. The van der Waals surface area contributed by atoms with Crippen LogP contribution in [0.4, 0.5) is 5.69 Å². The van der Waals surface area contributed by atoms with Crippen LogP contribution < -0.4 is 14.8 Å². The molecule has 0 aromatic heterocycles. The first kappa shape index (κ1) is 21.9. The molecular formula is C27H30N2O3. The van der Waals surface area contributed by atoms with Gasteiger partial charge in [0, 0.05) is 12.2 Å². The molecule has 0 saturated heterocycles. The van der Waals surface area contributed by atoms with Crippen LogP contribution in [-0.4, -0.2) is 38.1 Å². The third-order valence-electron chi connectivity index (χ3n) is 6.11. The lowest BCUT2D eigenvalue weighted by atomic mass is 9.87. The summed E-state index contributed by atoms with van der Waals surface area (Å²) in [5.41, 5.74) is 5.56. The van der Waals surface area contributed by atoms with Crippen LogP contribution in [0.25, 0.3) is 0 Å². The van der Waals surface area contributed by atoms with Crippen LogP contribution >= 0.6 is 0 Å². The zero-order chi connectivity index (χ0) is 22.5. The van der Waals surface area contributed by atoms with Gasteiger partial charge in [-0.05, 0) is 53.3 Å². The average Bonchev–Trinajstić information content (AvgIpc) is 2.83. The Morgan fingerprint density at radius 3 is 2.41 bits per heavy atom. The number of ether oxygens (including phenoxy) is 2. The molecule has 166 valence electrons. The van der Waals surface area contributed by atoms with Gasteiger partial charge in [-0.15, -0.1) is 0 Å². The highest BCUT2D eigenvalue weighted by Gasteiger charge is 2.31. The molecule has 1 aliphatic rings. The molecule has 0 fully saturated rings. The minimum Gasteiger partial charge on any atom is -0.493 e. The van der Waals surface area contributed by atoms with E-state index in [0.717, 1.165) is 47.5 Å². The van der Waals surface area contributed by atoms with Crippen molar-refractivity contribution in [3.05, 3.63) is 89.0 Å². The Hall–Kier alpha value is -3.31. The largest absolute Gasteiger partial charge is 0.493 e. The Balaban J connectivity index is 1.65. The lowest BCUT2D eigenvalue weighted by molar-refractivity contribution is -0.117. The molecule has 3 aromatic carbocycles. The van der Waals surface area contributed by atoms with Gasteiger partial charge in [-0.25, -0.2) is 0 Å². The van der Waals surface area contributed by atoms with Crippen molar-refractivity contribution in [3.8, 4) is 11.5 Å². The molecule has 0 saturated carbocycles. The molecule has 0 unspecified atom stereocenters. The normalized spacial score (nSPS) is 15.7. The van der Waals surface area contributed by atoms with E-state index in [1.165, 1.54) is 5.56 Å². The predicted octanol–water partition coefficient (Wildman–Crippen LogP) is 4.85. The predicted molar refractivity (Wildman–Crippen MR) is 128 cm³/mol. The maximum Gasteiger partial charge on any atom is 0.238 e. The van der Waals surface area contributed by atoms with Crippen molar-refractivity contribution in [2.45, 2.75) is 25.8 Å². The van der Waals surface area contributed by atoms with E-state index in [9.17, 15) is 4.79 Å². The number of benzene rings is 3. The molecule has 3 aromatic rings. The second kappa shape index (κ2) is 9.88. The van der Waals surface area contributed by atoms with Crippen LogP contribution in [0.15, 0.2) is 66.7 Å². The van der Waals surface area contributed by atoms with Gasteiger partial charge in [0.05, 0.1) is 26.8 Å². The summed E-state index contributed by atoms with van der Waals surface area (Å²) in [5.74, 6) is 1.44. The Labute approximate surface area is 190 Å². The van der Waals surface area contributed by atoms with E-state index < -0.39 is 0 Å². The van der Waals surface area contributed by atoms with Gasteiger partial charge in [0.1, 0.15) is 0 Å². The molecule has 4 rings (SSSR count). The number of carbonyl (C=O) groups excluding carboxylic acids is 1. The van der Waals surface area contributed by atoms with E-state index >= 15 is 0 Å². The SMILES string of the molecule is CCc1ccccc1NC(=O)CN1CCc2cc(OC)c(OC)cc2[C@H]1c1ccccc1. The van der Waals surface area contributed by atoms with Crippen LogP contribution in [0.2, 0.25) is 0 Å². The second-order valence-corrected chi connectivity index (χ2v) is 8.00. The molecule has 5 heteroatoms. The fourth-order valence-corrected chi connectivity index (χ4v) is 4.52. The maximum atomic E-state index is 13.1. The Kier molecular flexibility index (Phi) is 6.76. The number of carbonyl (C=O) groups is 1. The zero-order valence-electron chi connectivity index (χ0n) is 18.9. The first-order valence-corrected chi connectivity index (χ1v) is 11.1. The lowest BCUT2D eigenvalue weighted by Crippen LogP contribution is -2.41. The van der Waals surface area contributed by atoms with Crippen molar-refractivity contribution in [1.29, 1.82) is 0 Å². The number of amides is 1. The number of rotatable bonds is 7. The van der Waals surface area contributed by atoms with Crippen molar-refractivity contribution in [3.63, 3.8) is 0 Å². The first-order valence-electron chi connectivity index (χ1n) is 11.1. The van der Waals surface area contributed by atoms with Gasteiger partial charge in [0.15, 0.2) is 11.5 Å². The summed E-state index contributed by atoms with van der Waals surface area (Å²) in [6.07, 6.45) is 1.72. The summed E-state index contributed by atoms with van der Waals surface area (Å²) in [6, 6.07) is 22.4. The molecule has 1 N–H and O–H groups in total. The molecule has 1 aliphatic heterocycles. The van der Waals surface area contributed by atoms with Gasteiger partial charge in [0.25, 0.3) is 0 Å².